The number of ether oxygens (including phenoxy) is 1. The fourth-order valence-corrected chi connectivity index (χ4v) is 3.01. The average molecular weight is 425 g/mol. The molecule has 2 aromatic heterocycles. The van der Waals surface area contributed by atoms with E-state index in [9.17, 15) is 27.6 Å². The molecule has 1 N–H and O–H groups in total. The van der Waals surface area contributed by atoms with Crippen molar-refractivity contribution < 1.29 is 22.7 Å². The van der Waals surface area contributed by atoms with Gasteiger partial charge in [-0.25, -0.2) is 14.3 Å². The Kier molecular flexibility index (Phi) is 5.42. The lowest BCUT2D eigenvalue weighted by atomic mass is 10.1. The van der Waals surface area contributed by atoms with Crippen LogP contribution in [0.3, 0.4) is 0 Å². The van der Waals surface area contributed by atoms with Crippen LogP contribution >= 0.6 is 0 Å². The fourth-order valence-electron chi connectivity index (χ4n) is 3.01. The minimum absolute atomic E-state index is 0.179. The monoisotopic (exact) mass is 425 g/mol. The number of alkyl halides is 3. The van der Waals surface area contributed by atoms with Crippen molar-refractivity contribution in [3.05, 3.63) is 57.0 Å². The number of fused-ring (bicyclic) bond motifs is 1. The number of hydrogen-bond acceptors (Lipinski definition) is 5. The summed E-state index contributed by atoms with van der Waals surface area (Å²) in [5.74, 6) is -0.997. The number of halogens is 3. The van der Waals surface area contributed by atoms with E-state index in [4.69, 9.17) is 0 Å². The van der Waals surface area contributed by atoms with Crippen LogP contribution in [0.25, 0.3) is 11.2 Å². The van der Waals surface area contributed by atoms with Gasteiger partial charge in [0, 0.05) is 14.1 Å². The Morgan fingerprint density at radius 1 is 1.20 bits per heavy atom. The van der Waals surface area contributed by atoms with E-state index in [2.05, 4.69) is 15.0 Å². The summed E-state index contributed by atoms with van der Waals surface area (Å²) < 4.78 is 43.9. The van der Waals surface area contributed by atoms with Crippen LogP contribution in [-0.2, 0) is 25.4 Å². The van der Waals surface area contributed by atoms with Gasteiger partial charge in [-0.1, -0.05) is 12.1 Å². The minimum atomic E-state index is -4.80. The van der Waals surface area contributed by atoms with Gasteiger partial charge in [0.05, 0.1) is 12.4 Å². The first-order chi connectivity index (χ1) is 14.0. The van der Waals surface area contributed by atoms with Crippen LogP contribution < -0.4 is 21.3 Å². The molecule has 9 nitrogen and oxygen atoms in total. The number of nitrogens with one attached hydrogen (secondary N) is 1. The summed E-state index contributed by atoms with van der Waals surface area (Å²) in [4.78, 5) is 41.5. The summed E-state index contributed by atoms with van der Waals surface area (Å²) in [6, 6.07) is 4.42. The maximum Gasteiger partial charge on any atom is 0.573 e. The normalized spacial score (nSPS) is 12.7. The molecule has 0 saturated carbocycles. The number of aryl methyl sites for hydroxylation is 2. The molecule has 0 fully saturated rings. The Balaban J connectivity index is 1.77. The van der Waals surface area contributed by atoms with Gasteiger partial charge in [-0.05, 0) is 24.6 Å². The summed E-state index contributed by atoms with van der Waals surface area (Å²) >= 11 is 0. The number of rotatable bonds is 5. The molecule has 12 heteroatoms. The molecule has 30 heavy (non-hydrogen) atoms. The molecule has 1 unspecified atom stereocenters. The third kappa shape index (κ3) is 4.21. The second-order valence-electron chi connectivity index (χ2n) is 6.67. The van der Waals surface area contributed by atoms with Gasteiger partial charge in [0.25, 0.3) is 5.56 Å². The van der Waals surface area contributed by atoms with Gasteiger partial charge in [0.15, 0.2) is 11.2 Å². The van der Waals surface area contributed by atoms with Crippen LogP contribution in [0.2, 0.25) is 0 Å². The topological polar surface area (TPSA) is 100 Å². The highest BCUT2D eigenvalue weighted by molar-refractivity contribution is 5.77. The van der Waals surface area contributed by atoms with Gasteiger partial charge >= 0.3 is 12.1 Å². The Hall–Kier alpha value is -3.57. The average Bonchev–Trinajstić information content (AvgIpc) is 3.04. The first kappa shape index (κ1) is 21.1. The van der Waals surface area contributed by atoms with E-state index in [0.29, 0.717) is 5.56 Å². The van der Waals surface area contributed by atoms with Crippen LogP contribution in [0, 0.1) is 0 Å². The Labute approximate surface area is 167 Å². The van der Waals surface area contributed by atoms with Gasteiger partial charge in [-0.2, -0.15) is 0 Å². The van der Waals surface area contributed by atoms with Crippen molar-refractivity contribution in [1.82, 2.24) is 24.0 Å². The smallest absolute Gasteiger partial charge is 0.406 e. The van der Waals surface area contributed by atoms with Crippen molar-refractivity contribution in [2.45, 2.75) is 25.9 Å². The van der Waals surface area contributed by atoms with Crippen LogP contribution in [-0.4, -0.2) is 31.0 Å². The molecule has 0 radical (unpaired) electrons. The molecule has 1 aromatic carbocycles. The SMILES string of the molecule is CC(NC(=O)Cn1c(=O)c2c(ncn2C)n(C)c1=O)c1ccc(OC(F)(F)F)cc1. The number of aromatic nitrogens is 4. The number of benzene rings is 1. The first-order valence-electron chi connectivity index (χ1n) is 8.74. The van der Waals surface area contributed by atoms with Crippen LogP contribution in [0.1, 0.15) is 18.5 Å². The van der Waals surface area contributed by atoms with E-state index in [0.717, 1.165) is 16.7 Å². The van der Waals surface area contributed by atoms with Gasteiger partial charge in [-0.15, -0.1) is 13.2 Å². The van der Waals surface area contributed by atoms with E-state index < -0.39 is 36.1 Å². The zero-order valence-electron chi connectivity index (χ0n) is 16.2. The molecule has 160 valence electrons. The molecule has 0 spiro atoms. The quantitative estimate of drug-likeness (QED) is 0.663. The molecule has 0 aliphatic rings. The molecule has 1 atom stereocenters. The predicted octanol–water partition coefficient (Wildman–Crippen LogP) is 1.21. The summed E-state index contributed by atoms with van der Waals surface area (Å²) in [5, 5.41) is 2.61. The summed E-state index contributed by atoms with van der Waals surface area (Å²) in [6.45, 7) is 1.09. The second-order valence-corrected chi connectivity index (χ2v) is 6.67. The van der Waals surface area contributed by atoms with Crippen molar-refractivity contribution in [3.8, 4) is 5.75 Å². The summed E-state index contributed by atoms with van der Waals surface area (Å²) in [7, 11) is 3.04. The lowest BCUT2D eigenvalue weighted by molar-refractivity contribution is -0.274. The van der Waals surface area contributed by atoms with Crippen molar-refractivity contribution >= 4 is 17.1 Å². The van der Waals surface area contributed by atoms with Crippen LogP contribution in [0.4, 0.5) is 13.2 Å². The Bertz CT molecular complexity index is 1210. The van der Waals surface area contributed by atoms with Crippen molar-refractivity contribution in [3.63, 3.8) is 0 Å². The highest BCUT2D eigenvalue weighted by Crippen LogP contribution is 2.24. The maximum absolute atomic E-state index is 12.6. The molecule has 3 aromatic rings. The molecule has 3 rings (SSSR count). The highest BCUT2D eigenvalue weighted by atomic mass is 19.4. The molecule has 0 aliphatic carbocycles. The van der Waals surface area contributed by atoms with E-state index in [1.54, 1.807) is 14.0 Å². The summed E-state index contributed by atoms with van der Waals surface area (Å²) in [6.07, 6.45) is -3.40. The Morgan fingerprint density at radius 2 is 1.83 bits per heavy atom. The van der Waals surface area contributed by atoms with Crippen LogP contribution in [0.5, 0.6) is 5.75 Å². The fraction of sp³-hybridized carbons (Fsp3) is 0.333. The van der Waals surface area contributed by atoms with Gasteiger partial charge in [0.2, 0.25) is 5.91 Å². The first-order valence-corrected chi connectivity index (χ1v) is 8.74. The van der Waals surface area contributed by atoms with Gasteiger partial charge in [0.1, 0.15) is 12.3 Å². The largest absolute Gasteiger partial charge is 0.573 e. The highest BCUT2D eigenvalue weighted by Gasteiger charge is 2.31. The molecule has 2 heterocycles. The number of imidazole rings is 1. The molecular formula is C18H18F3N5O4. The van der Waals surface area contributed by atoms with E-state index >= 15 is 0 Å². The number of hydrogen-bond donors (Lipinski definition) is 1. The third-order valence-corrected chi connectivity index (χ3v) is 4.49. The molecule has 0 bridgehead atoms. The molecule has 0 saturated heterocycles. The van der Waals surface area contributed by atoms with Crippen molar-refractivity contribution in [2.24, 2.45) is 14.1 Å². The lowest BCUT2D eigenvalue weighted by Crippen LogP contribution is -2.43. The zero-order valence-corrected chi connectivity index (χ0v) is 16.2. The predicted molar refractivity (Wildman–Crippen MR) is 99.9 cm³/mol. The van der Waals surface area contributed by atoms with Crippen molar-refractivity contribution in [1.29, 1.82) is 0 Å². The second kappa shape index (κ2) is 7.69. The van der Waals surface area contributed by atoms with E-state index in [-0.39, 0.29) is 16.9 Å². The Morgan fingerprint density at radius 3 is 2.43 bits per heavy atom. The van der Waals surface area contributed by atoms with Gasteiger partial charge < -0.3 is 14.6 Å². The van der Waals surface area contributed by atoms with E-state index in [1.165, 1.54) is 34.6 Å². The number of carbonyl (C=O) groups is 1. The molecule has 1 amide bonds. The summed E-state index contributed by atoms with van der Waals surface area (Å²) in [5.41, 5.74) is -0.440. The minimum Gasteiger partial charge on any atom is -0.406 e. The zero-order chi connectivity index (χ0) is 22.2. The van der Waals surface area contributed by atoms with Crippen LogP contribution in [0.15, 0.2) is 40.2 Å². The third-order valence-electron chi connectivity index (χ3n) is 4.49. The number of carbonyl (C=O) groups excluding carboxylic acids is 1. The van der Waals surface area contributed by atoms with E-state index in [1.807, 2.05) is 0 Å². The van der Waals surface area contributed by atoms with Gasteiger partial charge in [-0.3, -0.25) is 14.2 Å². The molecule has 0 aliphatic heterocycles. The number of amides is 1. The molecular weight excluding hydrogens is 407 g/mol. The number of nitrogens with zero attached hydrogens (tertiary/aromatic N) is 4. The standard InChI is InChI=1S/C18H18F3N5O4/c1-10(11-4-6-12(7-5-11)30-18(19,20)21)23-13(27)8-26-16(28)14-15(22-9-24(14)2)25(3)17(26)29/h4-7,9-10H,8H2,1-3H3,(H,23,27). The van der Waals surface area contributed by atoms with Crippen molar-refractivity contribution in [2.75, 3.05) is 0 Å². The lowest BCUT2D eigenvalue weighted by Gasteiger charge is -2.16. The maximum atomic E-state index is 12.6.